The summed E-state index contributed by atoms with van der Waals surface area (Å²) in [7, 11) is 0. The number of hydrogen-bond acceptors (Lipinski definition) is 6. The van der Waals surface area contributed by atoms with Gasteiger partial charge in [0.1, 0.15) is 5.03 Å². The van der Waals surface area contributed by atoms with Crippen molar-refractivity contribution in [3.05, 3.63) is 89.5 Å². The van der Waals surface area contributed by atoms with Gasteiger partial charge in [-0.05, 0) is 54.8 Å². The van der Waals surface area contributed by atoms with Crippen molar-refractivity contribution in [2.75, 3.05) is 22.5 Å². The molecule has 1 aliphatic rings. The van der Waals surface area contributed by atoms with Gasteiger partial charge in [0, 0.05) is 29.7 Å². The number of anilines is 2. The van der Waals surface area contributed by atoms with Crippen LogP contribution in [0.2, 0.25) is 0 Å². The zero-order valence-electron chi connectivity index (χ0n) is 18.8. The average Bonchev–Trinajstić information content (AvgIpc) is 2.87. The normalized spacial score (nSPS) is 12.9. The molecule has 4 aromatic rings. The Morgan fingerprint density at radius 2 is 1.68 bits per heavy atom. The molecule has 0 radical (unpaired) electrons. The maximum absolute atomic E-state index is 12.6. The van der Waals surface area contributed by atoms with Gasteiger partial charge in [0.25, 0.3) is 0 Å². The molecule has 1 aromatic heterocycles. The molecule has 170 valence electrons. The number of para-hydroxylation sites is 1. The van der Waals surface area contributed by atoms with E-state index < -0.39 is 0 Å². The first kappa shape index (κ1) is 22.1. The molecule has 0 fully saturated rings. The lowest BCUT2D eigenvalue weighted by Gasteiger charge is -2.29. The first-order chi connectivity index (χ1) is 16.6. The van der Waals surface area contributed by atoms with Crippen LogP contribution in [-0.4, -0.2) is 34.0 Å². The van der Waals surface area contributed by atoms with Gasteiger partial charge in [-0.3, -0.25) is 9.59 Å². The van der Waals surface area contributed by atoms with E-state index in [2.05, 4.69) is 34.5 Å². The minimum atomic E-state index is -0.128. The molecule has 0 aliphatic carbocycles. The molecule has 6 nitrogen and oxygen atoms in total. The first-order valence-corrected chi connectivity index (χ1v) is 12.2. The van der Waals surface area contributed by atoms with Crippen LogP contribution in [0.25, 0.3) is 10.9 Å². The lowest BCUT2D eigenvalue weighted by Crippen LogP contribution is -2.31. The van der Waals surface area contributed by atoms with E-state index in [1.54, 1.807) is 24.3 Å². The Morgan fingerprint density at radius 3 is 2.47 bits per heavy atom. The van der Waals surface area contributed by atoms with Gasteiger partial charge in [-0.2, -0.15) is 0 Å². The molecule has 1 aliphatic heterocycles. The van der Waals surface area contributed by atoms with E-state index in [-0.39, 0.29) is 17.4 Å². The summed E-state index contributed by atoms with van der Waals surface area (Å²) in [6.07, 6.45) is 0.958. The molecule has 0 saturated heterocycles. The van der Waals surface area contributed by atoms with E-state index >= 15 is 0 Å². The maximum Gasteiger partial charge on any atom is 0.234 e. The Bertz CT molecular complexity index is 1370. The Hall–Kier alpha value is -3.71. The quantitative estimate of drug-likeness (QED) is 0.240. The molecule has 0 bridgehead atoms. The van der Waals surface area contributed by atoms with Crippen molar-refractivity contribution in [2.45, 2.75) is 24.9 Å². The molecule has 0 atom stereocenters. The number of aromatic nitrogens is 2. The lowest BCUT2D eigenvalue weighted by molar-refractivity contribution is -0.113. The van der Waals surface area contributed by atoms with E-state index in [0.29, 0.717) is 17.2 Å². The molecular weight excluding hydrogens is 444 g/mol. The van der Waals surface area contributed by atoms with Crippen LogP contribution in [0.5, 0.6) is 0 Å². The van der Waals surface area contributed by atoms with Crippen molar-refractivity contribution in [1.29, 1.82) is 0 Å². The molecule has 0 unspecified atom stereocenters. The summed E-state index contributed by atoms with van der Waals surface area (Å²) < 4.78 is 0. The van der Waals surface area contributed by atoms with Gasteiger partial charge in [-0.15, -0.1) is 0 Å². The van der Waals surface area contributed by atoms with E-state index in [1.165, 1.54) is 29.8 Å². The molecule has 2 heterocycles. The standard InChI is InChI=1S/C27H24N4O2S/c1-18(32)19-10-12-22(13-11-19)28-25(33)17-34-26-23-8-4-5-9-24(23)29-27(30-26)31-15-14-20-6-2-3-7-21(20)16-31/h2-13H,14-17H2,1H3,(H,28,33). The minimum absolute atomic E-state index is 0.00271. The Morgan fingerprint density at radius 1 is 0.941 bits per heavy atom. The van der Waals surface area contributed by atoms with Gasteiger partial charge in [0.15, 0.2) is 5.78 Å². The maximum atomic E-state index is 12.6. The molecule has 1 N–H and O–H groups in total. The van der Waals surface area contributed by atoms with Crippen molar-refractivity contribution in [3.63, 3.8) is 0 Å². The van der Waals surface area contributed by atoms with Gasteiger partial charge in [0.05, 0.1) is 11.3 Å². The number of thioether (sulfide) groups is 1. The molecule has 0 spiro atoms. The molecule has 3 aromatic carbocycles. The Balaban J connectivity index is 1.33. The van der Waals surface area contributed by atoms with Crippen LogP contribution >= 0.6 is 11.8 Å². The Labute approximate surface area is 202 Å². The Kier molecular flexibility index (Phi) is 6.27. The first-order valence-electron chi connectivity index (χ1n) is 11.2. The third-order valence-electron chi connectivity index (χ3n) is 5.89. The molecule has 7 heteroatoms. The fourth-order valence-electron chi connectivity index (χ4n) is 4.07. The van der Waals surface area contributed by atoms with Crippen molar-refractivity contribution in [3.8, 4) is 0 Å². The van der Waals surface area contributed by atoms with Crippen LogP contribution in [0, 0.1) is 0 Å². The van der Waals surface area contributed by atoms with Crippen LogP contribution in [0.3, 0.4) is 0 Å². The van der Waals surface area contributed by atoms with Gasteiger partial charge in [-0.25, -0.2) is 9.97 Å². The molecule has 34 heavy (non-hydrogen) atoms. The number of carbonyl (C=O) groups excluding carboxylic acids is 2. The van der Waals surface area contributed by atoms with Crippen LogP contribution in [-0.2, 0) is 17.8 Å². The second-order valence-corrected chi connectivity index (χ2v) is 9.22. The fraction of sp³-hybridized carbons (Fsp3) is 0.185. The number of Topliss-reactive ketones (excluding diaryl/α,β-unsaturated/α-hetero) is 1. The van der Waals surface area contributed by atoms with Crippen LogP contribution in [0.4, 0.5) is 11.6 Å². The van der Waals surface area contributed by atoms with E-state index in [4.69, 9.17) is 9.97 Å². The number of amides is 1. The highest BCUT2D eigenvalue weighted by molar-refractivity contribution is 8.00. The number of fused-ring (bicyclic) bond motifs is 2. The smallest absolute Gasteiger partial charge is 0.234 e. The summed E-state index contributed by atoms with van der Waals surface area (Å²) in [6, 6.07) is 23.3. The number of hydrogen-bond donors (Lipinski definition) is 1. The van der Waals surface area contributed by atoms with Crippen LogP contribution in [0.15, 0.2) is 77.8 Å². The number of ketones is 1. The summed E-state index contributed by atoms with van der Waals surface area (Å²) in [5.41, 5.74) is 4.83. The fourth-order valence-corrected chi connectivity index (χ4v) is 4.89. The molecular formula is C27H24N4O2S. The predicted molar refractivity (Wildman–Crippen MR) is 137 cm³/mol. The van der Waals surface area contributed by atoms with Gasteiger partial charge in [0.2, 0.25) is 11.9 Å². The highest BCUT2D eigenvalue weighted by Crippen LogP contribution is 2.30. The summed E-state index contributed by atoms with van der Waals surface area (Å²) >= 11 is 1.41. The topological polar surface area (TPSA) is 75.2 Å². The number of benzene rings is 3. The zero-order chi connectivity index (χ0) is 23.5. The summed E-state index contributed by atoms with van der Waals surface area (Å²) in [5.74, 6) is 0.780. The van der Waals surface area contributed by atoms with Crippen LogP contribution in [0.1, 0.15) is 28.4 Å². The van der Waals surface area contributed by atoms with Crippen molar-refractivity contribution >= 4 is 46.0 Å². The highest BCUT2D eigenvalue weighted by Gasteiger charge is 2.20. The minimum Gasteiger partial charge on any atom is -0.336 e. The van der Waals surface area contributed by atoms with Crippen molar-refractivity contribution < 1.29 is 9.59 Å². The van der Waals surface area contributed by atoms with E-state index in [9.17, 15) is 9.59 Å². The molecule has 0 saturated carbocycles. The van der Waals surface area contributed by atoms with E-state index in [0.717, 1.165) is 35.4 Å². The largest absolute Gasteiger partial charge is 0.336 e. The highest BCUT2D eigenvalue weighted by atomic mass is 32.2. The van der Waals surface area contributed by atoms with Crippen LogP contribution < -0.4 is 10.2 Å². The van der Waals surface area contributed by atoms with Gasteiger partial charge in [-0.1, -0.05) is 54.2 Å². The number of carbonyl (C=O) groups is 2. The van der Waals surface area contributed by atoms with Gasteiger partial charge >= 0.3 is 0 Å². The third-order valence-corrected chi connectivity index (χ3v) is 6.88. The molecule has 5 rings (SSSR count). The van der Waals surface area contributed by atoms with E-state index in [1.807, 2.05) is 24.3 Å². The number of nitrogens with zero attached hydrogens (tertiary/aromatic N) is 3. The summed E-state index contributed by atoms with van der Waals surface area (Å²) in [6.45, 7) is 3.15. The molecule has 1 amide bonds. The number of rotatable bonds is 6. The van der Waals surface area contributed by atoms with Gasteiger partial charge < -0.3 is 10.2 Å². The second-order valence-electron chi connectivity index (χ2n) is 8.26. The lowest BCUT2D eigenvalue weighted by atomic mass is 10.0. The summed E-state index contributed by atoms with van der Waals surface area (Å²) in [4.78, 5) is 35.9. The SMILES string of the molecule is CC(=O)c1ccc(NC(=O)CSc2nc(N3CCc4ccccc4C3)nc3ccccc23)cc1. The second kappa shape index (κ2) is 9.65. The van der Waals surface area contributed by atoms with Crippen molar-refractivity contribution in [2.24, 2.45) is 0 Å². The monoisotopic (exact) mass is 468 g/mol. The predicted octanol–water partition coefficient (Wildman–Crippen LogP) is 5.13. The third kappa shape index (κ3) is 4.79. The summed E-state index contributed by atoms with van der Waals surface area (Å²) in [5, 5.41) is 4.62. The zero-order valence-corrected chi connectivity index (χ0v) is 19.6. The van der Waals surface area contributed by atoms with Crippen molar-refractivity contribution in [1.82, 2.24) is 9.97 Å². The number of nitrogens with one attached hydrogen (secondary N) is 1. The average molecular weight is 469 g/mol.